The SMILES string of the molecule is Cc1cc(F)ccc1S(=O)(=O)N1CCN(C(=O)c2cccc(Cl)c2)CC1. The number of nitrogens with zero attached hydrogens (tertiary/aromatic N) is 2. The van der Waals surface area contributed by atoms with Crippen molar-refractivity contribution < 1.29 is 17.6 Å². The van der Waals surface area contributed by atoms with Crippen LogP contribution in [0.5, 0.6) is 0 Å². The monoisotopic (exact) mass is 396 g/mol. The van der Waals surface area contributed by atoms with Crippen molar-refractivity contribution in [2.45, 2.75) is 11.8 Å². The molecule has 8 heteroatoms. The van der Waals surface area contributed by atoms with Crippen molar-refractivity contribution in [3.63, 3.8) is 0 Å². The van der Waals surface area contributed by atoms with Crippen molar-refractivity contribution in [3.05, 3.63) is 64.4 Å². The minimum atomic E-state index is -3.72. The Morgan fingerprint density at radius 1 is 1.08 bits per heavy atom. The molecule has 5 nitrogen and oxygen atoms in total. The van der Waals surface area contributed by atoms with Crippen molar-refractivity contribution in [3.8, 4) is 0 Å². The number of halogens is 2. The molecule has 2 aromatic rings. The molecule has 1 aliphatic heterocycles. The molecule has 0 saturated carbocycles. The number of amides is 1. The summed E-state index contributed by atoms with van der Waals surface area (Å²) >= 11 is 5.92. The van der Waals surface area contributed by atoms with Gasteiger partial charge in [-0.15, -0.1) is 0 Å². The number of rotatable bonds is 3. The number of hydrogen-bond donors (Lipinski definition) is 0. The van der Waals surface area contributed by atoms with E-state index in [1.54, 1.807) is 36.1 Å². The molecule has 2 aromatic carbocycles. The second-order valence-electron chi connectivity index (χ2n) is 6.12. The number of aryl methyl sites for hydroxylation is 1. The van der Waals surface area contributed by atoms with E-state index in [0.717, 1.165) is 6.07 Å². The summed E-state index contributed by atoms with van der Waals surface area (Å²) in [6, 6.07) is 10.3. The maximum Gasteiger partial charge on any atom is 0.253 e. The molecule has 1 saturated heterocycles. The highest BCUT2D eigenvalue weighted by Gasteiger charge is 2.31. The predicted molar refractivity (Wildman–Crippen MR) is 97.3 cm³/mol. The molecule has 0 spiro atoms. The molecule has 1 heterocycles. The third-order valence-corrected chi connectivity index (χ3v) is 6.65. The summed E-state index contributed by atoms with van der Waals surface area (Å²) in [5, 5.41) is 0.476. The second kappa shape index (κ2) is 7.34. The molecule has 0 atom stereocenters. The Balaban J connectivity index is 1.72. The first-order valence-corrected chi connectivity index (χ1v) is 9.92. The van der Waals surface area contributed by atoms with Crippen LogP contribution in [-0.4, -0.2) is 49.7 Å². The Labute approximate surface area is 157 Å². The third kappa shape index (κ3) is 3.75. The quantitative estimate of drug-likeness (QED) is 0.801. The summed E-state index contributed by atoms with van der Waals surface area (Å²) in [7, 11) is -3.72. The summed E-state index contributed by atoms with van der Waals surface area (Å²) < 4.78 is 40.2. The lowest BCUT2D eigenvalue weighted by Crippen LogP contribution is -2.50. The average molecular weight is 397 g/mol. The summed E-state index contributed by atoms with van der Waals surface area (Å²) in [6.45, 7) is 2.50. The number of carbonyl (C=O) groups excluding carboxylic acids is 1. The van der Waals surface area contributed by atoms with E-state index in [4.69, 9.17) is 11.6 Å². The molecule has 0 bridgehead atoms. The molecule has 1 fully saturated rings. The Kier molecular flexibility index (Phi) is 5.32. The van der Waals surface area contributed by atoms with Crippen LogP contribution < -0.4 is 0 Å². The van der Waals surface area contributed by atoms with Gasteiger partial charge in [0.25, 0.3) is 5.91 Å². The lowest BCUT2D eigenvalue weighted by Gasteiger charge is -2.34. The van der Waals surface area contributed by atoms with Gasteiger partial charge in [-0.2, -0.15) is 4.31 Å². The van der Waals surface area contributed by atoms with Crippen LogP contribution in [0.1, 0.15) is 15.9 Å². The molecule has 0 radical (unpaired) electrons. The zero-order valence-electron chi connectivity index (χ0n) is 14.2. The van der Waals surface area contributed by atoms with Gasteiger partial charge in [0.15, 0.2) is 0 Å². The minimum Gasteiger partial charge on any atom is -0.336 e. The number of piperazine rings is 1. The number of sulfonamides is 1. The lowest BCUT2D eigenvalue weighted by molar-refractivity contribution is 0.0698. The summed E-state index contributed by atoms with van der Waals surface area (Å²) in [5.41, 5.74) is 0.839. The zero-order chi connectivity index (χ0) is 18.9. The van der Waals surface area contributed by atoms with E-state index in [1.165, 1.54) is 16.4 Å². The molecule has 26 heavy (non-hydrogen) atoms. The van der Waals surface area contributed by atoms with Crippen molar-refractivity contribution in [2.24, 2.45) is 0 Å². The lowest BCUT2D eigenvalue weighted by atomic mass is 10.2. The van der Waals surface area contributed by atoms with Crippen LogP contribution in [0.3, 0.4) is 0 Å². The van der Waals surface area contributed by atoms with Crippen LogP contribution in [0, 0.1) is 12.7 Å². The maximum absolute atomic E-state index is 13.2. The Morgan fingerprint density at radius 3 is 2.38 bits per heavy atom. The average Bonchev–Trinajstić information content (AvgIpc) is 2.61. The normalized spacial score (nSPS) is 15.9. The van der Waals surface area contributed by atoms with Gasteiger partial charge in [0.2, 0.25) is 10.0 Å². The Hall–Kier alpha value is -1.96. The fourth-order valence-corrected chi connectivity index (χ4v) is 4.80. The van der Waals surface area contributed by atoms with Crippen LogP contribution in [0.4, 0.5) is 4.39 Å². The smallest absolute Gasteiger partial charge is 0.253 e. The number of benzene rings is 2. The van der Waals surface area contributed by atoms with E-state index >= 15 is 0 Å². The van der Waals surface area contributed by atoms with Crippen molar-refractivity contribution in [1.29, 1.82) is 0 Å². The van der Waals surface area contributed by atoms with Gasteiger partial charge < -0.3 is 4.90 Å². The van der Waals surface area contributed by atoms with Gasteiger partial charge in [0.1, 0.15) is 5.82 Å². The fraction of sp³-hybridized carbons (Fsp3) is 0.278. The molecule has 1 amide bonds. The Morgan fingerprint density at radius 2 is 1.77 bits per heavy atom. The molecule has 138 valence electrons. The topological polar surface area (TPSA) is 57.7 Å². The van der Waals surface area contributed by atoms with Crippen molar-refractivity contribution in [2.75, 3.05) is 26.2 Å². The fourth-order valence-electron chi connectivity index (χ4n) is 2.98. The van der Waals surface area contributed by atoms with Crippen LogP contribution in [-0.2, 0) is 10.0 Å². The number of hydrogen-bond acceptors (Lipinski definition) is 3. The highest BCUT2D eigenvalue weighted by molar-refractivity contribution is 7.89. The second-order valence-corrected chi connectivity index (χ2v) is 8.46. The first kappa shape index (κ1) is 18.8. The molecule has 0 N–H and O–H groups in total. The van der Waals surface area contributed by atoms with Crippen LogP contribution in [0.15, 0.2) is 47.4 Å². The molecular formula is C18H18ClFN2O3S. The van der Waals surface area contributed by atoms with E-state index < -0.39 is 15.8 Å². The summed E-state index contributed by atoms with van der Waals surface area (Å²) in [5.74, 6) is -0.652. The summed E-state index contributed by atoms with van der Waals surface area (Å²) in [4.78, 5) is 14.2. The largest absolute Gasteiger partial charge is 0.336 e. The van der Waals surface area contributed by atoms with Gasteiger partial charge in [-0.05, 0) is 48.9 Å². The van der Waals surface area contributed by atoms with Crippen LogP contribution >= 0.6 is 11.6 Å². The first-order valence-electron chi connectivity index (χ1n) is 8.10. The first-order chi connectivity index (χ1) is 12.3. The van der Waals surface area contributed by atoms with Crippen LogP contribution in [0.2, 0.25) is 5.02 Å². The molecule has 0 unspecified atom stereocenters. The predicted octanol–water partition coefficient (Wildman–Crippen LogP) is 2.93. The molecule has 0 aromatic heterocycles. The van der Waals surface area contributed by atoms with Gasteiger partial charge in [-0.1, -0.05) is 17.7 Å². The Bertz CT molecular complexity index is 941. The molecule has 1 aliphatic rings. The van der Waals surface area contributed by atoms with Gasteiger partial charge in [0, 0.05) is 36.8 Å². The minimum absolute atomic E-state index is 0.0912. The van der Waals surface area contributed by atoms with Crippen molar-refractivity contribution in [1.82, 2.24) is 9.21 Å². The highest BCUT2D eigenvalue weighted by atomic mass is 35.5. The van der Waals surface area contributed by atoms with Gasteiger partial charge in [0.05, 0.1) is 4.90 Å². The highest BCUT2D eigenvalue weighted by Crippen LogP contribution is 2.22. The van der Waals surface area contributed by atoms with E-state index in [2.05, 4.69) is 0 Å². The van der Waals surface area contributed by atoms with Gasteiger partial charge in [-0.3, -0.25) is 4.79 Å². The molecule has 3 rings (SSSR count). The van der Waals surface area contributed by atoms with Gasteiger partial charge >= 0.3 is 0 Å². The maximum atomic E-state index is 13.2. The van der Waals surface area contributed by atoms with E-state index in [-0.39, 0.29) is 37.0 Å². The van der Waals surface area contributed by atoms with E-state index in [1.807, 2.05) is 0 Å². The molecular weight excluding hydrogens is 379 g/mol. The third-order valence-electron chi connectivity index (χ3n) is 4.35. The van der Waals surface area contributed by atoms with E-state index in [0.29, 0.717) is 16.1 Å². The van der Waals surface area contributed by atoms with Crippen LogP contribution in [0.25, 0.3) is 0 Å². The van der Waals surface area contributed by atoms with Crippen molar-refractivity contribution >= 4 is 27.5 Å². The number of carbonyl (C=O) groups is 1. The zero-order valence-corrected chi connectivity index (χ0v) is 15.7. The van der Waals surface area contributed by atoms with E-state index in [9.17, 15) is 17.6 Å². The summed E-state index contributed by atoms with van der Waals surface area (Å²) in [6.07, 6.45) is 0. The molecule has 0 aliphatic carbocycles. The standard InChI is InChI=1S/C18H18ClFN2O3S/c1-13-11-16(20)5-6-17(13)26(24,25)22-9-7-21(8-10-22)18(23)14-3-2-4-15(19)12-14/h2-6,11-12H,7-10H2,1H3. The van der Waals surface area contributed by atoms with Gasteiger partial charge in [-0.25, -0.2) is 12.8 Å².